The monoisotopic (exact) mass is 318 g/mol. The number of nitrogens with one attached hydrogen (secondary N) is 1. The lowest BCUT2D eigenvalue weighted by Gasteiger charge is -2.18. The smallest absolute Gasteiger partial charge is 0.263 e. The van der Waals surface area contributed by atoms with Crippen molar-refractivity contribution in [1.82, 2.24) is 10.2 Å². The number of amides is 1. The molecule has 5 rings (SSSR count). The van der Waals surface area contributed by atoms with Crippen molar-refractivity contribution >= 4 is 17.2 Å². The van der Waals surface area contributed by atoms with Crippen molar-refractivity contribution < 1.29 is 9.53 Å². The maximum atomic E-state index is 12.8. The second-order valence-corrected chi connectivity index (χ2v) is 8.29. The molecule has 0 saturated carbocycles. The Morgan fingerprint density at radius 2 is 1.95 bits per heavy atom. The van der Waals surface area contributed by atoms with Crippen LogP contribution in [0, 0.1) is 11.8 Å². The Kier molecular flexibility index (Phi) is 3.10. The van der Waals surface area contributed by atoms with Crippen molar-refractivity contribution in [2.45, 2.75) is 43.9 Å². The summed E-state index contributed by atoms with van der Waals surface area (Å²) in [5.41, 5.74) is 0. The zero-order valence-electron chi connectivity index (χ0n) is 12.7. The lowest BCUT2D eigenvalue weighted by molar-refractivity contribution is 0.0597. The predicted molar refractivity (Wildman–Crippen MR) is 85.1 cm³/mol. The van der Waals surface area contributed by atoms with Crippen LogP contribution in [0.5, 0.6) is 0 Å². The number of likely N-dealkylation sites (tertiary alicyclic amines) is 1. The minimum atomic E-state index is 0.239. The van der Waals surface area contributed by atoms with Gasteiger partial charge in [-0.25, -0.2) is 0 Å². The third kappa shape index (κ3) is 1.99. The van der Waals surface area contributed by atoms with Crippen LogP contribution in [0.3, 0.4) is 0 Å². The number of nitrogens with zero attached hydrogens (tertiary/aromatic N) is 1. The zero-order chi connectivity index (χ0) is 14.7. The molecule has 1 aromatic rings. The Bertz CT molecular complexity index is 577. The molecular formula is C17H22N2O2S. The number of hydrogen-bond donors (Lipinski definition) is 1. The van der Waals surface area contributed by atoms with Gasteiger partial charge in [0.15, 0.2) is 0 Å². The van der Waals surface area contributed by atoms with E-state index in [0.717, 1.165) is 24.5 Å². The van der Waals surface area contributed by atoms with Crippen LogP contribution in [-0.2, 0) is 4.74 Å². The molecular weight excluding hydrogens is 296 g/mol. The molecule has 5 heteroatoms. The van der Waals surface area contributed by atoms with E-state index in [0.29, 0.717) is 30.1 Å². The molecule has 2 bridgehead atoms. The fourth-order valence-corrected chi connectivity index (χ4v) is 5.95. The van der Waals surface area contributed by atoms with Gasteiger partial charge < -0.3 is 15.0 Å². The molecule has 118 valence electrons. The quantitative estimate of drug-likeness (QED) is 0.910. The van der Waals surface area contributed by atoms with E-state index in [-0.39, 0.29) is 5.91 Å². The van der Waals surface area contributed by atoms with Gasteiger partial charge in [0.1, 0.15) is 0 Å². The SMILES string of the molecule is O=C(c1ccc([C@@H]2CCCN2)s1)N1C[C@@H]2[C@H](C1)[C@H]1CC[C@@H]2O1. The minimum Gasteiger partial charge on any atom is -0.374 e. The lowest BCUT2D eigenvalue weighted by atomic mass is 9.82. The van der Waals surface area contributed by atoms with E-state index in [2.05, 4.69) is 16.3 Å². The number of ether oxygens (including phenoxy) is 1. The highest BCUT2D eigenvalue weighted by atomic mass is 32.1. The van der Waals surface area contributed by atoms with Gasteiger partial charge in [0.2, 0.25) is 0 Å². The van der Waals surface area contributed by atoms with Crippen LogP contribution in [0.25, 0.3) is 0 Å². The number of hydrogen-bond acceptors (Lipinski definition) is 4. The van der Waals surface area contributed by atoms with E-state index in [4.69, 9.17) is 4.74 Å². The van der Waals surface area contributed by atoms with Crippen molar-refractivity contribution in [2.24, 2.45) is 11.8 Å². The predicted octanol–water partition coefficient (Wildman–Crippen LogP) is 2.42. The van der Waals surface area contributed by atoms with Crippen LogP contribution in [-0.4, -0.2) is 42.6 Å². The molecule has 1 aromatic heterocycles. The molecule has 4 nitrogen and oxygen atoms in total. The summed E-state index contributed by atoms with van der Waals surface area (Å²) < 4.78 is 6.00. The molecule has 5 heterocycles. The summed E-state index contributed by atoms with van der Waals surface area (Å²) in [6.07, 6.45) is 5.69. The standard InChI is InChI=1S/C17H22N2O2S/c20-17(16-6-5-15(22-16)12-2-1-7-18-12)19-8-10-11(9-19)14-4-3-13(10)21-14/h5-6,10-14,18H,1-4,7-9H2/t10-,11+,12-,13+,14-/m0/s1. The normalized spacial score (nSPS) is 39.6. The van der Waals surface area contributed by atoms with Gasteiger partial charge in [-0.05, 0) is 44.4 Å². The second-order valence-electron chi connectivity index (χ2n) is 7.18. The highest BCUT2D eigenvalue weighted by molar-refractivity contribution is 7.14. The molecule has 1 N–H and O–H groups in total. The average molecular weight is 318 g/mol. The van der Waals surface area contributed by atoms with E-state index < -0.39 is 0 Å². The molecule has 0 aliphatic carbocycles. The minimum absolute atomic E-state index is 0.239. The number of rotatable bonds is 2. The van der Waals surface area contributed by atoms with Gasteiger partial charge in [0.05, 0.1) is 17.1 Å². The molecule has 4 aliphatic heterocycles. The average Bonchev–Trinajstić information content (AvgIpc) is 3.35. The summed E-state index contributed by atoms with van der Waals surface area (Å²) in [5, 5.41) is 3.52. The summed E-state index contributed by atoms with van der Waals surface area (Å²) in [7, 11) is 0. The molecule has 4 aliphatic rings. The molecule has 1 amide bonds. The van der Waals surface area contributed by atoms with Crippen LogP contribution in [0.2, 0.25) is 0 Å². The van der Waals surface area contributed by atoms with Crippen LogP contribution < -0.4 is 5.32 Å². The first-order chi connectivity index (χ1) is 10.8. The molecule has 4 fully saturated rings. The maximum absolute atomic E-state index is 12.8. The molecule has 22 heavy (non-hydrogen) atoms. The first-order valence-electron chi connectivity index (χ1n) is 8.57. The zero-order valence-corrected chi connectivity index (χ0v) is 13.5. The summed E-state index contributed by atoms with van der Waals surface area (Å²) >= 11 is 1.69. The van der Waals surface area contributed by atoms with Crippen molar-refractivity contribution in [3.63, 3.8) is 0 Å². The number of carbonyl (C=O) groups is 1. The molecule has 4 saturated heterocycles. The van der Waals surface area contributed by atoms with Crippen LogP contribution in [0.15, 0.2) is 12.1 Å². The third-order valence-corrected chi connectivity index (χ3v) is 7.17. The van der Waals surface area contributed by atoms with Gasteiger partial charge in [-0.15, -0.1) is 11.3 Å². The molecule has 0 radical (unpaired) electrons. The number of carbonyl (C=O) groups excluding carboxylic acids is 1. The Hall–Kier alpha value is -0.910. The first kappa shape index (κ1) is 13.5. The third-order valence-electron chi connectivity index (χ3n) is 5.98. The highest BCUT2D eigenvalue weighted by Crippen LogP contribution is 2.47. The number of thiophene rings is 1. The van der Waals surface area contributed by atoms with Gasteiger partial charge in [-0.2, -0.15) is 0 Å². The van der Waals surface area contributed by atoms with Gasteiger partial charge in [0.25, 0.3) is 5.91 Å². The Balaban J connectivity index is 1.31. The summed E-state index contributed by atoms with van der Waals surface area (Å²) in [6, 6.07) is 4.64. The lowest BCUT2D eigenvalue weighted by Crippen LogP contribution is -2.30. The van der Waals surface area contributed by atoms with Crippen molar-refractivity contribution in [2.75, 3.05) is 19.6 Å². The van der Waals surface area contributed by atoms with Gasteiger partial charge in [-0.1, -0.05) is 0 Å². The second kappa shape index (κ2) is 5.05. The van der Waals surface area contributed by atoms with E-state index in [1.165, 1.54) is 30.6 Å². The van der Waals surface area contributed by atoms with Crippen LogP contribution >= 0.6 is 11.3 Å². The maximum Gasteiger partial charge on any atom is 0.263 e. The Labute approximate surface area is 134 Å². The molecule has 0 unspecified atom stereocenters. The number of fused-ring (bicyclic) bond motifs is 5. The Morgan fingerprint density at radius 1 is 1.18 bits per heavy atom. The summed E-state index contributed by atoms with van der Waals surface area (Å²) in [4.78, 5) is 17.1. The fourth-order valence-electron chi connectivity index (χ4n) is 4.86. The van der Waals surface area contributed by atoms with Crippen molar-refractivity contribution in [3.8, 4) is 0 Å². The summed E-state index contributed by atoms with van der Waals surface area (Å²) in [6.45, 7) is 2.91. The van der Waals surface area contributed by atoms with Gasteiger partial charge in [0, 0.05) is 35.8 Å². The van der Waals surface area contributed by atoms with E-state index in [1.54, 1.807) is 11.3 Å². The highest BCUT2D eigenvalue weighted by Gasteiger charge is 2.53. The molecule has 0 spiro atoms. The first-order valence-corrected chi connectivity index (χ1v) is 9.39. The van der Waals surface area contributed by atoms with E-state index >= 15 is 0 Å². The largest absolute Gasteiger partial charge is 0.374 e. The molecule has 5 atom stereocenters. The molecule has 0 aromatic carbocycles. The van der Waals surface area contributed by atoms with Crippen molar-refractivity contribution in [3.05, 3.63) is 21.9 Å². The van der Waals surface area contributed by atoms with Gasteiger partial charge >= 0.3 is 0 Å². The van der Waals surface area contributed by atoms with E-state index in [9.17, 15) is 4.79 Å². The van der Waals surface area contributed by atoms with E-state index in [1.807, 2.05) is 6.07 Å². The van der Waals surface area contributed by atoms with Crippen molar-refractivity contribution in [1.29, 1.82) is 0 Å². The van der Waals surface area contributed by atoms with Crippen LogP contribution in [0.4, 0.5) is 0 Å². The Morgan fingerprint density at radius 3 is 2.64 bits per heavy atom. The topological polar surface area (TPSA) is 41.6 Å². The van der Waals surface area contributed by atoms with Gasteiger partial charge in [-0.3, -0.25) is 4.79 Å². The summed E-state index contributed by atoms with van der Waals surface area (Å²) in [5.74, 6) is 1.43. The van der Waals surface area contributed by atoms with Crippen LogP contribution in [0.1, 0.15) is 46.3 Å². The fraction of sp³-hybridized carbons (Fsp3) is 0.706.